The number of methoxy groups -OCH3 is 1. The highest BCUT2D eigenvalue weighted by Gasteiger charge is 2.21. The molecule has 0 fully saturated rings. The number of hydrogen-bond donors (Lipinski definition) is 1. The summed E-state index contributed by atoms with van der Waals surface area (Å²) in [7, 11) is 1.70. The summed E-state index contributed by atoms with van der Waals surface area (Å²) in [5, 5.41) is 7.13. The maximum atomic E-state index is 5.44. The first-order chi connectivity index (χ1) is 8.53. The number of para-hydroxylation sites is 1. The lowest BCUT2D eigenvalue weighted by Gasteiger charge is -2.22. The van der Waals surface area contributed by atoms with E-state index in [1.165, 1.54) is 0 Å². The molecule has 0 spiro atoms. The lowest BCUT2D eigenvalue weighted by atomic mass is 10.0. The van der Waals surface area contributed by atoms with Gasteiger partial charge in [-0.05, 0) is 38.2 Å². The fourth-order valence-corrected chi connectivity index (χ4v) is 2.00. The Labute approximate surface area is 112 Å². The molecule has 1 heterocycles. The summed E-state index contributed by atoms with van der Waals surface area (Å²) in [6, 6.07) is 9.96. The molecule has 2 rings (SSSR count). The van der Waals surface area contributed by atoms with Gasteiger partial charge in [-0.15, -0.1) is 0 Å². The molecular formula is C13H17N3OS. The van der Waals surface area contributed by atoms with Crippen LogP contribution in [-0.4, -0.2) is 27.5 Å². The normalized spacial score (nSPS) is 11.7. The number of nitrogens with zero attached hydrogens (tertiary/aromatic N) is 2. The minimum absolute atomic E-state index is 0.270. The van der Waals surface area contributed by atoms with Crippen LogP contribution in [0.2, 0.25) is 0 Å². The van der Waals surface area contributed by atoms with Crippen LogP contribution in [0.1, 0.15) is 19.7 Å². The number of benzene rings is 1. The minimum atomic E-state index is -0.270. The molecule has 0 saturated carbocycles. The van der Waals surface area contributed by atoms with Gasteiger partial charge in [0.25, 0.3) is 0 Å². The highest BCUT2D eigenvalue weighted by Crippen LogP contribution is 2.18. The van der Waals surface area contributed by atoms with E-state index < -0.39 is 0 Å². The molecular weight excluding hydrogens is 246 g/mol. The van der Waals surface area contributed by atoms with E-state index in [0.29, 0.717) is 11.2 Å². The van der Waals surface area contributed by atoms with Crippen molar-refractivity contribution in [2.75, 3.05) is 7.11 Å². The molecule has 4 nitrogen and oxygen atoms in total. The molecule has 0 aliphatic carbocycles. The van der Waals surface area contributed by atoms with Crippen molar-refractivity contribution in [1.82, 2.24) is 14.8 Å². The number of aromatic amines is 1. The Bertz CT molecular complexity index is 571. The van der Waals surface area contributed by atoms with Gasteiger partial charge in [-0.1, -0.05) is 18.2 Å². The number of ether oxygens (including phenoxy) is 1. The Morgan fingerprint density at radius 2 is 2.00 bits per heavy atom. The van der Waals surface area contributed by atoms with E-state index in [0.717, 1.165) is 11.5 Å². The molecule has 96 valence electrons. The van der Waals surface area contributed by atoms with Gasteiger partial charge >= 0.3 is 0 Å². The topological polar surface area (TPSA) is 42.8 Å². The van der Waals surface area contributed by atoms with Crippen molar-refractivity contribution in [2.45, 2.75) is 25.9 Å². The summed E-state index contributed by atoms with van der Waals surface area (Å²) in [5.74, 6) is 0.873. The molecule has 0 aliphatic heterocycles. The second-order valence-electron chi connectivity index (χ2n) is 4.76. The zero-order chi connectivity index (χ0) is 13.2. The van der Waals surface area contributed by atoms with Crippen molar-refractivity contribution in [1.29, 1.82) is 0 Å². The first-order valence-corrected chi connectivity index (χ1v) is 6.21. The lowest BCUT2D eigenvalue weighted by Crippen LogP contribution is -2.27. The van der Waals surface area contributed by atoms with Crippen LogP contribution < -0.4 is 0 Å². The number of nitrogens with one attached hydrogen (secondary N) is 1. The summed E-state index contributed by atoms with van der Waals surface area (Å²) >= 11 is 5.28. The summed E-state index contributed by atoms with van der Waals surface area (Å²) in [6.07, 6.45) is 0.686. The minimum Gasteiger partial charge on any atom is -0.378 e. The van der Waals surface area contributed by atoms with Crippen LogP contribution in [0.4, 0.5) is 0 Å². The molecule has 1 N–H and O–H groups in total. The van der Waals surface area contributed by atoms with Crippen molar-refractivity contribution < 1.29 is 4.74 Å². The second kappa shape index (κ2) is 5.04. The maximum Gasteiger partial charge on any atom is 0.199 e. The van der Waals surface area contributed by atoms with Crippen molar-refractivity contribution >= 4 is 12.2 Å². The predicted octanol–water partition coefficient (Wildman–Crippen LogP) is 2.90. The van der Waals surface area contributed by atoms with Crippen LogP contribution in [-0.2, 0) is 11.2 Å². The molecule has 0 amide bonds. The average molecular weight is 263 g/mol. The van der Waals surface area contributed by atoms with Crippen LogP contribution in [0.15, 0.2) is 30.3 Å². The average Bonchev–Trinajstić information content (AvgIpc) is 2.71. The Morgan fingerprint density at radius 3 is 2.61 bits per heavy atom. The Balaban J connectivity index is 2.43. The molecule has 0 aliphatic rings. The van der Waals surface area contributed by atoms with Crippen LogP contribution in [0.3, 0.4) is 0 Å². The first kappa shape index (κ1) is 13.0. The molecule has 2 aromatic rings. The van der Waals surface area contributed by atoms with E-state index in [1.807, 2.05) is 48.7 Å². The summed E-state index contributed by atoms with van der Waals surface area (Å²) in [5.41, 5.74) is 0.742. The van der Waals surface area contributed by atoms with Gasteiger partial charge in [0, 0.05) is 19.2 Å². The van der Waals surface area contributed by atoms with E-state index >= 15 is 0 Å². The van der Waals surface area contributed by atoms with Crippen molar-refractivity contribution in [2.24, 2.45) is 0 Å². The highest BCUT2D eigenvalue weighted by atomic mass is 32.1. The Hall–Kier alpha value is -1.46. The maximum absolute atomic E-state index is 5.44. The first-order valence-electron chi connectivity index (χ1n) is 5.80. The van der Waals surface area contributed by atoms with Crippen molar-refractivity contribution in [3.05, 3.63) is 40.9 Å². The summed E-state index contributed by atoms with van der Waals surface area (Å²) in [6.45, 7) is 4.06. The molecule has 5 heteroatoms. The number of hydrogen-bond acceptors (Lipinski definition) is 3. The monoisotopic (exact) mass is 263 g/mol. The van der Waals surface area contributed by atoms with Gasteiger partial charge < -0.3 is 4.74 Å². The molecule has 0 atom stereocenters. The third-order valence-corrected chi connectivity index (χ3v) is 3.17. The van der Waals surface area contributed by atoms with Gasteiger partial charge in [0.15, 0.2) is 4.77 Å². The molecule has 0 bridgehead atoms. The van der Waals surface area contributed by atoms with E-state index in [9.17, 15) is 0 Å². The lowest BCUT2D eigenvalue weighted by molar-refractivity contribution is 0.0212. The fourth-order valence-electron chi connectivity index (χ4n) is 1.74. The highest BCUT2D eigenvalue weighted by molar-refractivity contribution is 7.71. The second-order valence-corrected chi connectivity index (χ2v) is 5.14. The smallest absolute Gasteiger partial charge is 0.199 e. The van der Waals surface area contributed by atoms with Crippen LogP contribution >= 0.6 is 12.2 Å². The van der Waals surface area contributed by atoms with Gasteiger partial charge in [0.2, 0.25) is 0 Å². The summed E-state index contributed by atoms with van der Waals surface area (Å²) in [4.78, 5) is 0. The largest absolute Gasteiger partial charge is 0.378 e. The van der Waals surface area contributed by atoms with Gasteiger partial charge in [0.05, 0.1) is 5.60 Å². The molecule has 1 aromatic carbocycles. The van der Waals surface area contributed by atoms with Crippen LogP contribution in [0.5, 0.6) is 0 Å². The summed E-state index contributed by atoms with van der Waals surface area (Å²) < 4.78 is 7.98. The van der Waals surface area contributed by atoms with Gasteiger partial charge in [-0.2, -0.15) is 5.10 Å². The van der Waals surface area contributed by atoms with Crippen LogP contribution in [0.25, 0.3) is 5.69 Å². The number of H-pyrrole nitrogens is 1. The van der Waals surface area contributed by atoms with Gasteiger partial charge in [-0.3, -0.25) is 9.67 Å². The van der Waals surface area contributed by atoms with Gasteiger partial charge in [0.1, 0.15) is 5.82 Å². The predicted molar refractivity (Wildman–Crippen MR) is 73.5 cm³/mol. The van der Waals surface area contributed by atoms with E-state index in [2.05, 4.69) is 10.2 Å². The number of rotatable bonds is 4. The van der Waals surface area contributed by atoms with E-state index in [-0.39, 0.29) is 5.60 Å². The Morgan fingerprint density at radius 1 is 1.33 bits per heavy atom. The number of aromatic nitrogens is 3. The quantitative estimate of drug-likeness (QED) is 0.862. The van der Waals surface area contributed by atoms with Crippen molar-refractivity contribution in [3.8, 4) is 5.69 Å². The zero-order valence-corrected chi connectivity index (χ0v) is 11.6. The standard InChI is InChI=1S/C13H17N3OS/c1-13(2,17-3)9-11-14-15-12(18)16(11)10-7-5-4-6-8-10/h4-8H,9H2,1-3H3,(H,15,18). The third kappa shape index (κ3) is 2.68. The van der Waals surface area contributed by atoms with Crippen molar-refractivity contribution in [3.63, 3.8) is 0 Å². The zero-order valence-electron chi connectivity index (χ0n) is 10.8. The molecule has 0 unspecified atom stereocenters. The van der Waals surface area contributed by atoms with Gasteiger partial charge in [-0.25, -0.2) is 0 Å². The molecule has 18 heavy (non-hydrogen) atoms. The van der Waals surface area contributed by atoms with Crippen LogP contribution in [0, 0.1) is 4.77 Å². The molecule has 0 saturated heterocycles. The third-order valence-electron chi connectivity index (χ3n) is 2.89. The Kier molecular flexibility index (Phi) is 3.63. The molecule has 1 aromatic heterocycles. The fraction of sp³-hybridized carbons (Fsp3) is 0.385. The SMILES string of the molecule is COC(C)(C)Cc1n[nH]c(=S)n1-c1ccccc1. The molecule has 0 radical (unpaired) electrons. The van der Waals surface area contributed by atoms with E-state index in [4.69, 9.17) is 17.0 Å². The van der Waals surface area contributed by atoms with E-state index in [1.54, 1.807) is 7.11 Å².